The van der Waals surface area contributed by atoms with Crippen LogP contribution in [0.15, 0.2) is 0 Å². The first-order valence-electron chi connectivity index (χ1n) is 7.77. The minimum Gasteiger partial charge on any atom is -0.0683 e. The first-order chi connectivity index (χ1) is 7.77. The Bertz CT molecular complexity index is 247. The summed E-state index contributed by atoms with van der Waals surface area (Å²) < 4.78 is 0. The highest BCUT2D eigenvalue weighted by Crippen LogP contribution is 2.63. The molecule has 17 heavy (non-hydrogen) atoms. The van der Waals surface area contributed by atoms with Gasteiger partial charge < -0.3 is 0 Å². The Labute approximate surface area is 110 Å². The van der Waals surface area contributed by atoms with Gasteiger partial charge in [-0.25, -0.2) is 0 Å². The number of hydrogen-bond donors (Lipinski definition) is 0. The highest BCUT2D eigenvalue weighted by atomic mass is 14.6. The van der Waals surface area contributed by atoms with Crippen LogP contribution in [0.1, 0.15) is 87.0 Å². The maximum atomic E-state index is 2.55. The predicted octanol–water partition coefficient (Wildman–Crippen LogP) is 6.06. The average molecular weight is 238 g/mol. The lowest BCUT2D eigenvalue weighted by Gasteiger charge is -2.58. The molecule has 0 saturated heterocycles. The second-order valence-electron chi connectivity index (χ2n) is 7.88. The molecule has 2 rings (SSSR count). The molecule has 0 radical (unpaired) electrons. The summed E-state index contributed by atoms with van der Waals surface area (Å²) in [5, 5.41) is 0. The van der Waals surface area contributed by atoms with Gasteiger partial charge >= 0.3 is 0 Å². The van der Waals surface area contributed by atoms with Crippen LogP contribution in [0.4, 0.5) is 0 Å². The van der Waals surface area contributed by atoms with E-state index in [-0.39, 0.29) is 0 Å². The molecule has 0 N–H and O–H groups in total. The van der Waals surface area contributed by atoms with Crippen molar-refractivity contribution in [1.29, 1.82) is 0 Å². The van der Waals surface area contributed by atoms with Crippen molar-refractivity contribution < 1.29 is 0 Å². The van der Waals surface area contributed by atoms with Crippen LogP contribution in [0.2, 0.25) is 0 Å². The van der Waals surface area contributed by atoms with E-state index in [2.05, 4.69) is 34.6 Å². The van der Waals surface area contributed by atoms with Gasteiger partial charge in [-0.3, -0.25) is 0 Å². The topological polar surface area (TPSA) is 0 Å². The van der Waals surface area contributed by atoms with Crippen molar-refractivity contribution in [3.8, 4) is 0 Å². The number of hydrogen-bond acceptors (Lipinski definition) is 0. The van der Waals surface area contributed by atoms with E-state index in [1.165, 1.54) is 38.5 Å². The fourth-order valence-corrected chi connectivity index (χ4v) is 5.06. The van der Waals surface area contributed by atoms with Gasteiger partial charge in [-0.15, -0.1) is 0 Å². The summed E-state index contributed by atoms with van der Waals surface area (Å²) >= 11 is 0. The molecular weight excluding hydrogens is 204 g/mol. The molecule has 2 bridgehead atoms. The van der Waals surface area contributed by atoms with E-state index < -0.39 is 0 Å². The highest BCUT2D eigenvalue weighted by molar-refractivity contribution is 5.02. The van der Waals surface area contributed by atoms with Gasteiger partial charge in [0.05, 0.1) is 0 Å². The van der Waals surface area contributed by atoms with Crippen molar-refractivity contribution in [3.63, 3.8) is 0 Å². The SMILES string of the molecule is CC.CC(C)C12CCCC(C)(CC(C)(C)C1)C2. The molecular formula is C17H34. The molecule has 0 aromatic rings. The number of rotatable bonds is 1. The Hall–Kier alpha value is 0. The van der Waals surface area contributed by atoms with Crippen molar-refractivity contribution in [3.05, 3.63) is 0 Å². The first-order valence-corrected chi connectivity index (χ1v) is 7.77. The molecule has 0 heteroatoms. The van der Waals surface area contributed by atoms with Crippen LogP contribution in [0.25, 0.3) is 0 Å². The van der Waals surface area contributed by atoms with Gasteiger partial charge in [0.25, 0.3) is 0 Å². The molecule has 2 aliphatic rings. The summed E-state index contributed by atoms with van der Waals surface area (Å²) in [4.78, 5) is 0. The molecule has 102 valence electrons. The minimum atomic E-state index is 0.581. The minimum absolute atomic E-state index is 0.581. The zero-order valence-electron chi connectivity index (χ0n) is 13.3. The van der Waals surface area contributed by atoms with E-state index >= 15 is 0 Å². The van der Waals surface area contributed by atoms with Crippen molar-refractivity contribution in [2.45, 2.75) is 87.0 Å². The summed E-state index contributed by atoms with van der Waals surface area (Å²) in [7, 11) is 0. The summed E-state index contributed by atoms with van der Waals surface area (Å²) in [5.74, 6) is 0.872. The summed E-state index contributed by atoms with van der Waals surface area (Å²) in [6.45, 7) is 16.4. The smallest absolute Gasteiger partial charge is 0.0264 e. The molecule has 2 fully saturated rings. The van der Waals surface area contributed by atoms with Gasteiger partial charge in [0.1, 0.15) is 0 Å². The van der Waals surface area contributed by atoms with Crippen LogP contribution in [0.5, 0.6) is 0 Å². The zero-order valence-corrected chi connectivity index (χ0v) is 13.3. The lowest BCUT2D eigenvalue weighted by molar-refractivity contribution is -0.0783. The molecule has 2 aliphatic carbocycles. The summed E-state index contributed by atoms with van der Waals surface area (Å²) in [6, 6.07) is 0. The molecule has 2 unspecified atom stereocenters. The normalized spacial score (nSPS) is 39.5. The van der Waals surface area contributed by atoms with Gasteiger partial charge in [-0.05, 0) is 54.3 Å². The third kappa shape index (κ3) is 3.06. The fraction of sp³-hybridized carbons (Fsp3) is 1.00. The van der Waals surface area contributed by atoms with Crippen LogP contribution < -0.4 is 0 Å². The highest BCUT2D eigenvalue weighted by Gasteiger charge is 2.52. The molecule has 0 nitrogen and oxygen atoms in total. The van der Waals surface area contributed by atoms with E-state index in [1.807, 2.05) is 13.8 Å². The third-order valence-electron chi connectivity index (χ3n) is 5.19. The van der Waals surface area contributed by atoms with Crippen molar-refractivity contribution in [1.82, 2.24) is 0 Å². The fourth-order valence-electron chi connectivity index (χ4n) is 5.06. The molecule has 0 aromatic heterocycles. The molecule has 2 saturated carbocycles. The van der Waals surface area contributed by atoms with Crippen LogP contribution >= 0.6 is 0 Å². The van der Waals surface area contributed by atoms with E-state index in [0.29, 0.717) is 16.2 Å². The molecule has 2 atom stereocenters. The van der Waals surface area contributed by atoms with Gasteiger partial charge in [0.15, 0.2) is 0 Å². The van der Waals surface area contributed by atoms with Crippen LogP contribution in [0.3, 0.4) is 0 Å². The van der Waals surface area contributed by atoms with Gasteiger partial charge in [-0.1, -0.05) is 54.9 Å². The third-order valence-corrected chi connectivity index (χ3v) is 5.19. The largest absolute Gasteiger partial charge is 0.0683 e. The van der Waals surface area contributed by atoms with Crippen LogP contribution in [-0.4, -0.2) is 0 Å². The Morgan fingerprint density at radius 3 is 1.94 bits per heavy atom. The Balaban J connectivity index is 0.000000686. The summed E-state index contributed by atoms with van der Waals surface area (Å²) in [6.07, 6.45) is 8.86. The Morgan fingerprint density at radius 1 is 0.824 bits per heavy atom. The van der Waals surface area contributed by atoms with Gasteiger partial charge in [0, 0.05) is 0 Å². The monoisotopic (exact) mass is 238 g/mol. The average Bonchev–Trinajstić information content (AvgIpc) is 2.16. The second-order valence-corrected chi connectivity index (χ2v) is 7.88. The first kappa shape index (κ1) is 15.1. The van der Waals surface area contributed by atoms with Crippen molar-refractivity contribution in [2.24, 2.45) is 22.2 Å². The van der Waals surface area contributed by atoms with Gasteiger partial charge in [-0.2, -0.15) is 0 Å². The van der Waals surface area contributed by atoms with E-state index in [9.17, 15) is 0 Å². The lowest BCUT2D eigenvalue weighted by Crippen LogP contribution is -2.48. The Kier molecular flexibility index (Phi) is 4.37. The van der Waals surface area contributed by atoms with E-state index in [4.69, 9.17) is 0 Å². The van der Waals surface area contributed by atoms with Crippen LogP contribution in [-0.2, 0) is 0 Å². The standard InChI is InChI=1S/C15H28.C2H6/c1-12(2)15-8-6-7-14(5,11-15)9-13(3,4)10-15;1-2/h12H,6-11H2,1-5H3;1-2H3. The molecule has 0 aromatic carbocycles. The van der Waals surface area contributed by atoms with Crippen LogP contribution in [0, 0.1) is 22.2 Å². The van der Waals surface area contributed by atoms with E-state index in [0.717, 1.165) is 5.92 Å². The van der Waals surface area contributed by atoms with E-state index in [1.54, 1.807) is 0 Å². The predicted molar refractivity (Wildman–Crippen MR) is 78.2 cm³/mol. The van der Waals surface area contributed by atoms with Crippen molar-refractivity contribution in [2.75, 3.05) is 0 Å². The maximum absolute atomic E-state index is 2.55. The maximum Gasteiger partial charge on any atom is -0.0264 e. The molecule has 0 aliphatic heterocycles. The Morgan fingerprint density at radius 2 is 1.41 bits per heavy atom. The van der Waals surface area contributed by atoms with Crippen molar-refractivity contribution >= 4 is 0 Å². The lowest BCUT2D eigenvalue weighted by atomic mass is 9.47. The molecule has 0 spiro atoms. The second kappa shape index (κ2) is 4.94. The van der Waals surface area contributed by atoms with Gasteiger partial charge in [0.2, 0.25) is 0 Å². The summed E-state index contributed by atoms with van der Waals surface area (Å²) in [5.41, 5.74) is 1.91. The number of fused-ring (bicyclic) bond motifs is 2. The molecule has 0 heterocycles. The molecule has 0 amide bonds. The zero-order chi connectivity index (χ0) is 13.3. The quantitative estimate of drug-likeness (QED) is 0.521.